The van der Waals surface area contributed by atoms with Gasteiger partial charge in [-0.2, -0.15) is 5.10 Å². The van der Waals surface area contributed by atoms with Gasteiger partial charge in [-0.15, -0.1) is 0 Å². The third-order valence-corrected chi connectivity index (χ3v) is 2.33. The lowest BCUT2D eigenvalue weighted by Gasteiger charge is -2.01. The van der Waals surface area contributed by atoms with Gasteiger partial charge in [-0.25, -0.2) is 0 Å². The first-order chi connectivity index (χ1) is 7.24. The molecule has 1 aliphatic heterocycles. The molecule has 1 fully saturated rings. The number of carbonyl (C=O) groups excluding carboxylic acids is 1. The lowest BCUT2D eigenvalue weighted by atomic mass is 10.2. The predicted molar refractivity (Wildman–Crippen MR) is 54.3 cm³/mol. The second-order valence-electron chi connectivity index (χ2n) is 3.78. The van der Waals surface area contributed by atoms with Crippen molar-refractivity contribution in [2.45, 2.75) is 18.9 Å². The van der Waals surface area contributed by atoms with Gasteiger partial charge in [-0.05, 0) is 12.0 Å². The lowest BCUT2D eigenvalue weighted by molar-refractivity contribution is -0.121. The maximum absolute atomic E-state index is 11.4. The molecular formula is C10H15N3O2. The first-order valence-electron chi connectivity index (χ1n) is 5.10. The summed E-state index contributed by atoms with van der Waals surface area (Å²) in [4.78, 5) is 11.4. The highest BCUT2D eigenvalue weighted by atomic mass is 16.6. The average Bonchev–Trinajstić information content (AvgIpc) is 2.95. The van der Waals surface area contributed by atoms with Crippen molar-refractivity contribution in [3.63, 3.8) is 0 Å². The van der Waals surface area contributed by atoms with Crippen LogP contribution in [0, 0.1) is 0 Å². The highest BCUT2D eigenvalue weighted by molar-refractivity contribution is 5.76. The third kappa shape index (κ3) is 3.36. The normalized spacial score (nSPS) is 18.9. The van der Waals surface area contributed by atoms with Crippen LogP contribution >= 0.6 is 0 Å². The summed E-state index contributed by atoms with van der Waals surface area (Å²) in [5, 5.41) is 6.87. The summed E-state index contributed by atoms with van der Waals surface area (Å²) in [7, 11) is 1.87. The van der Waals surface area contributed by atoms with E-state index in [4.69, 9.17) is 4.74 Å². The van der Waals surface area contributed by atoms with Crippen molar-refractivity contribution in [2.24, 2.45) is 7.05 Å². The van der Waals surface area contributed by atoms with Crippen LogP contribution < -0.4 is 5.32 Å². The van der Waals surface area contributed by atoms with Crippen molar-refractivity contribution in [1.29, 1.82) is 0 Å². The van der Waals surface area contributed by atoms with Crippen LogP contribution in [-0.2, 0) is 23.0 Å². The van der Waals surface area contributed by atoms with Gasteiger partial charge in [0.05, 0.1) is 18.9 Å². The zero-order valence-electron chi connectivity index (χ0n) is 8.77. The fraction of sp³-hybridized carbons (Fsp3) is 0.600. The minimum atomic E-state index is 0.0781. The van der Waals surface area contributed by atoms with Crippen LogP contribution in [-0.4, -0.2) is 34.9 Å². The van der Waals surface area contributed by atoms with E-state index in [0.29, 0.717) is 13.0 Å². The van der Waals surface area contributed by atoms with Crippen LogP contribution in [0.2, 0.25) is 0 Å². The molecule has 1 aromatic heterocycles. The summed E-state index contributed by atoms with van der Waals surface area (Å²) in [5.74, 6) is 0.0781. The quantitative estimate of drug-likeness (QED) is 0.687. The topological polar surface area (TPSA) is 59.5 Å². The van der Waals surface area contributed by atoms with Crippen molar-refractivity contribution in [3.05, 3.63) is 18.0 Å². The number of ether oxygens (including phenoxy) is 1. The molecule has 1 aromatic rings. The molecule has 82 valence electrons. The molecule has 0 aromatic carbocycles. The molecule has 1 atom stereocenters. The zero-order valence-corrected chi connectivity index (χ0v) is 8.77. The Balaban J connectivity index is 1.65. The number of carbonyl (C=O) groups is 1. The van der Waals surface area contributed by atoms with E-state index in [1.807, 2.05) is 13.2 Å². The Morgan fingerprint density at radius 3 is 3.20 bits per heavy atom. The maximum Gasteiger partial charge on any atom is 0.220 e. The van der Waals surface area contributed by atoms with Gasteiger partial charge in [0, 0.05) is 26.2 Å². The molecular weight excluding hydrogens is 194 g/mol. The number of hydrogen-bond acceptors (Lipinski definition) is 3. The van der Waals surface area contributed by atoms with E-state index < -0.39 is 0 Å². The van der Waals surface area contributed by atoms with Crippen molar-refractivity contribution in [1.82, 2.24) is 15.1 Å². The minimum absolute atomic E-state index is 0.0781. The first-order valence-corrected chi connectivity index (χ1v) is 5.10. The molecule has 1 aliphatic rings. The van der Waals surface area contributed by atoms with Crippen LogP contribution in [0.1, 0.15) is 12.0 Å². The van der Waals surface area contributed by atoms with Gasteiger partial charge in [0.2, 0.25) is 5.91 Å². The van der Waals surface area contributed by atoms with E-state index in [-0.39, 0.29) is 12.0 Å². The van der Waals surface area contributed by atoms with E-state index in [9.17, 15) is 4.79 Å². The summed E-state index contributed by atoms with van der Waals surface area (Å²) in [6.45, 7) is 1.43. The standard InChI is InChI=1S/C10H15N3O2/c1-13-6-8(4-12-13)2-3-10(14)11-5-9-7-15-9/h4,6,9H,2-3,5,7H2,1H3,(H,11,14)/t9-/m1/s1. The SMILES string of the molecule is Cn1cc(CCC(=O)NC[C@@H]2CO2)cn1. The van der Waals surface area contributed by atoms with E-state index >= 15 is 0 Å². The van der Waals surface area contributed by atoms with Crippen LogP contribution in [0.15, 0.2) is 12.4 Å². The fourth-order valence-corrected chi connectivity index (χ4v) is 1.36. The van der Waals surface area contributed by atoms with Crippen LogP contribution in [0.4, 0.5) is 0 Å². The minimum Gasteiger partial charge on any atom is -0.371 e. The summed E-state index contributed by atoms with van der Waals surface area (Å²) in [6.07, 6.45) is 5.23. The van der Waals surface area contributed by atoms with Gasteiger partial charge in [-0.1, -0.05) is 0 Å². The summed E-state index contributed by atoms with van der Waals surface area (Å²) < 4.78 is 6.74. The van der Waals surface area contributed by atoms with Crippen LogP contribution in [0.5, 0.6) is 0 Å². The molecule has 0 spiro atoms. The molecule has 0 bridgehead atoms. The highest BCUT2D eigenvalue weighted by Crippen LogP contribution is 2.06. The average molecular weight is 209 g/mol. The Hall–Kier alpha value is -1.36. The molecule has 2 rings (SSSR count). The molecule has 1 saturated heterocycles. The predicted octanol–water partition coefficient (Wildman–Crippen LogP) is -0.132. The van der Waals surface area contributed by atoms with Crippen molar-refractivity contribution in [2.75, 3.05) is 13.2 Å². The number of rotatable bonds is 5. The molecule has 0 aliphatic carbocycles. The largest absolute Gasteiger partial charge is 0.371 e. The number of aromatic nitrogens is 2. The summed E-state index contributed by atoms with van der Waals surface area (Å²) in [6, 6.07) is 0. The van der Waals surface area contributed by atoms with E-state index in [0.717, 1.165) is 18.6 Å². The Labute approximate surface area is 88.4 Å². The number of aryl methyl sites for hydroxylation is 2. The smallest absolute Gasteiger partial charge is 0.220 e. The Kier molecular flexibility index (Phi) is 3.01. The number of nitrogens with one attached hydrogen (secondary N) is 1. The zero-order chi connectivity index (χ0) is 10.7. The molecule has 0 radical (unpaired) electrons. The summed E-state index contributed by atoms with van der Waals surface area (Å²) in [5.41, 5.74) is 1.09. The van der Waals surface area contributed by atoms with E-state index in [2.05, 4.69) is 10.4 Å². The number of amides is 1. The van der Waals surface area contributed by atoms with Crippen LogP contribution in [0.3, 0.4) is 0 Å². The van der Waals surface area contributed by atoms with Crippen LogP contribution in [0.25, 0.3) is 0 Å². The Bertz CT molecular complexity index is 344. The van der Waals surface area contributed by atoms with Crippen molar-refractivity contribution >= 4 is 5.91 Å². The highest BCUT2D eigenvalue weighted by Gasteiger charge is 2.22. The summed E-state index contributed by atoms with van der Waals surface area (Å²) >= 11 is 0. The molecule has 15 heavy (non-hydrogen) atoms. The molecule has 1 amide bonds. The van der Waals surface area contributed by atoms with Gasteiger partial charge < -0.3 is 10.1 Å². The number of nitrogens with zero attached hydrogens (tertiary/aromatic N) is 2. The second kappa shape index (κ2) is 4.44. The fourth-order valence-electron chi connectivity index (χ4n) is 1.36. The second-order valence-corrected chi connectivity index (χ2v) is 3.78. The monoisotopic (exact) mass is 209 g/mol. The van der Waals surface area contributed by atoms with Gasteiger partial charge in [0.1, 0.15) is 0 Å². The van der Waals surface area contributed by atoms with E-state index in [1.165, 1.54) is 0 Å². The maximum atomic E-state index is 11.4. The van der Waals surface area contributed by atoms with Gasteiger partial charge in [-0.3, -0.25) is 9.48 Å². The first kappa shape index (κ1) is 10.2. The molecule has 5 heteroatoms. The van der Waals surface area contributed by atoms with Gasteiger partial charge >= 0.3 is 0 Å². The van der Waals surface area contributed by atoms with Gasteiger partial charge in [0.15, 0.2) is 0 Å². The van der Waals surface area contributed by atoms with Gasteiger partial charge in [0.25, 0.3) is 0 Å². The molecule has 0 unspecified atom stereocenters. The lowest BCUT2D eigenvalue weighted by Crippen LogP contribution is -2.27. The Morgan fingerprint density at radius 2 is 2.60 bits per heavy atom. The molecule has 0 saturated carbocycles. The molecule has 2 heterocycles. The Morgan fingerprint density at radius 1 is 1.80 bits per heavy atom. The van der Waals surface area contributed by atoms with Crippen molar-refractivity contribution < 1.29 is 9.53 Å². The van der Waals surface area contributed by atoms with E-state index in [1.54, 1.807) is 10.9 Å². The molecule has 5 nitrogen and oxygen atoms in total. The third-order valence-electron chi connectivity index (χ3n) is 2.33. The number of hydrogen-bond donors (Lipinski definition) is 1. The number of epoxide rings is 1. The van der Waals surface area contributed by atoms with Crippen molar-refractivity contribution in [3.8, 4) is 0 Å². The molecule has 1 N–H and O–H groups in total.